The van der Waals surface area contributed by atoms with Gasteiger partial charge in [0, 0.05) is 12.6 Å². The highest BCUT2D eigenvalue weighted by atomic mass is 15.2. The van der Waals surface area contributed by atoms with Gasteiger partial charge in [-0.25, -0.2) is 0 Å². The van der Waals surface area contributed by atoms with E-state index in [1.54, 1.807) is 0 Å². The lowest BCUT2D eigenvalue weighted by Gasteiger charge is -2.15. The predicted octanol–water partition coefficient (Wildman–Crippen LogP) is 3.73. The molecule has 1 heterocycles. The Morgan fingerprint density at radius 3 is 1.84 bits per heavy atom. The Balaban J connectivity index is 2.68. The average molecular weight is 255 g/mol. The number of aryl methyl sites for hydroxylation is 3. The number of anilines is 1. The van der Waals surface area contributed by atoms with Gasteiger partial charge in [0.25, 0.3) is 0 Å². The molecular formula is C16H21N3. The Labute approximate surface area is 115 Å². The highest BCUT2D eigenvalue weighted by molar-refractivity contribution is 5.71. The molecule has 0 aliphatic carbocycles. The summed E-state index contributed by atoms with van der Waals surface area (Å²) in [7, 11) is 1.87. The summed E-state index contributed by atoms with van der Waals surface area (Å²) in [6, 6.07) is 4.34. The fourth-order valence-corrected chi connectivity index (χ4v) is 2.46. The van der Waals surface area contributed by atoms with Crippen molar-refractivity contribution in [1.29, 1.82) is 0 Å². The van der Waals surface area contributed by atoms with Crippen molar-refractivity contribution in [2.24, 2.45) is 0 Å². The van der Waals surface area contributed by atoms with Crippen LogP contribution in [0.15, 0.2) is 12.1 Å². The molecular weight excluding hydrogens is 234 g/mol. The summed E-state index contributed by atoms with van der Waals surface area (Å²) >= 11 is 0. The Morgan fingerprint density at radius 2 is 1.37 bits per heavy atom. The van der Waals surface area contributed by atoms with E-state index in [9.17, 15) is 0 Å². The minimum atomic E-state index is 0.837. The maximum absolute atomic E-state index is 4.37. The van der Waals surface area contributed by atoms with Crippen LogP contribution in [0.5, 0.6) is 0 Å². The smallest absolute Gasteiger partial charge is 0.151 e. The van der Waals surface area contributed by atoms with E-state index >= 15 is 0 Å². The summed E-state index contributed by atoms with van der Waals surface area (Å²) < 4.78 is 0. The molecule has 0 atom stereocenters. The van der Waals surface area contributed by atoms with Crippen molar-refractivity contribution in [2.75, 3.05) is 12.4 Å². The van der Waals surface area contributed by atoms with Gasteiger partial charge in [-0.15, -0.1) is 10.2 Å². The van der Waals surface area contributed by atoms with E-state index in [4.69, 9.17) is 0 Å². The maximum Gasteiger partial charge on any atom is 0.151 e. The molecule has 0 saturated carbocycles. The first-order valence-electron chi connectivity index (χ1n) is 6.55. The predicted molar refractivity (Wildman–Crippen MR) is 80.7 cm³/mol. The van der Waals surface area contributed by atoms with Crippen LogP contribution in [0.1, 0.15) is 27.8 Å². The fraction of sp³-hybridized carbons (Fsp3) is 0.375. The number of rotatable bonds is 2. The van der Waals surface area contributed by atoms with Crippen LogP contribution < -0.4 is 5.32 Å². The molecule has 0 radical (unpaired) electrons. The number of nitrogens with one attached hydrogen (secondary N) is 1. The third-order valence-electron chi connectivity index (χ3n) is 3.84. The molecule has 1 aromatic heterocycles. The molecule has 2 aromatic rings. The average Bonchev–Trinajstić information content (AvgIpc) is 2.37. The van der Waals surface area contributed by atoms with Crippen molar-refractivity contribution in [1.82, 2.24) is 10.2 Å². The number of nitrogens with zero attached hydrogens (tertiary/aromatic N) is 2. The number of benzene rings is 1. The first kappa shape index (κ1) is 13.5. The van der Waals surface area contributed by atoms with Crippen LogP contribution in [0.25, 0.3) is 11.3 Å². The van der Waals surface area contributed by atoms with Crippen molar-refractivity contribution in [2.45, 2.75) is 34.6 Å². The number of hydrogen-bond acceptors (Lipinski definition) is 3. The van der Waals surface area contributed by atoms with Gasteiger partial charge in [0.2, 0.25) is 0 Å². The van der Waals surface area contributed by atoms with Gasteiger partial charge in [-0.1, -0.05) is 6.07 Å². The molecule has 3 heteroatoms. The summed E-state index contributed by atoms with van der Waals surface area (Å²) in [6.07, 6.45) is 0. The van der Waals surface area contributed by atoms with Gasteiger partial charge in [-0.3, -0.25) is 0 Å². The second-order valence-electron chi connectivity index (χ2n) is 5.15. The van der Waals surface area contributed by atoms with Gasteiger partial charge in [0.05, 0.1) is 5.69 Å². The van der Waals surface area contributed by atoms with E-state index in [0.29, 0.717) is 0 Å². The standard InChI is InChI=1S/C16H21N3/c1-9-7-10(2)13(5)15(12(9)4)14-8-11(3)16(17-6)19-18-14/h7-8H,1-6H3,(H,17,19). The van der Waals surface area contributed by atoms with Crippen LogP contribution in [-0.2, 0) is 0 Å². The molecule has 19 heavy (non-hydrogen) atoms. The van der Waals surface area contributed by atoms with E-state index in [-0.39, 0.29) is 0 Å². The van der Waals surface area contributed by atoms with Gasteiger partial charge < -0.3 is 5.32 Å². The van der Waals surface area contributed by atoms with Crippen molar-refractivity contribution in [3.63, 3.8) is 0 Å². The zero-order valence-corrected chi connectivity index (χ0v) is 12.5. The van der Waals surface area contributed by atoms with Crippen LogP contribution in [0.3, 0.4) is 0 Å². The Kier molecular flexibility index (Phi) is 3.56. The molecule has 0 aliphatic rings. The highest BCUT2D eigenvalue weighted by Crippen LogP contribution is 2.31. The van der Waals surface area contributed by atoms with Gasteiger partial charge in [-0.2, -0.15) is 0 Å². The molecule has 0 bridgehead atoms. The molecule has 0 aliphatic heterocycles. The second-order valence-corrected chi connectivity index (χ2v) is 5.15. The molecule has 0 fully saturated rings. The van der Waals surface area contributed by atoms with Crippen LogP contribution in [0.2, 0.25) is 0 Å². The lowest BCUT2D eigenvalue weighted by molar-refractivity contribution is 1.02. The molecule has 0 unspecified atom stereocenters. The Bertz CT molecular complexity index is 604. The molecule has 0 saturated heterocycles. The Morgan fingerprint density at radius 1 is 0.789 bits per heavy atom. The summed E-state index contributed by atoms with van der Waals surface area (Å²) in [5.41, 5.74) is 8.47. The molecule has 1 aromatic carbocycles. The topological polar surface area (TPSA) is 37.8 Å². The van der Waals surface area contributed by atoms with Crippen LogP contribution in [0, 0.1) is 34.6 Å². The maximum atomic E-state index is 4.37. The van der Waals surface area contributed by atoms with Crippen molar-refractivity contribution in [3.8, 4) is 11.3 Å². The molecule has 100 valence electrons. The van der Waals surface area contributed by atoms with Crippen molar-refractivity contribution in [3.05, 3.63) is 39.9 Å². The van der Waals surface area contributed by atoms with Gasteiger partial charge >= 0.3 is 0 Å². The molecule has 0 spiro atoms. The zero-order chi connectivity index (χ0) is 14.2. The summed E-state index contributed by atoms with van der Waals surface area (Å²) in [6.45, 7) is 10.7. The van der Waals surface area contributed by atoms with Gasteiger partial charge in [0.1, 0.15) is 0 Å². The second kappa shape index (κ2) is 5.00. The van der Waals surface area contributed by atoms with Gasteiger partial charge in [-0.05, 0) is 68.5 Å². The molecule has 0 amide bonds. The molecule has 3 nitrogen and oxygen atoms in total. The van der Waals surface area contributed by atoms with Crippen LogP contribution in [-0.4, -0.2) is 17.2 Å². The van der Waals surface area contributed by atoms with Crippen molar-refractivity contribution >= 4 is 5.82 Å². The first-order chi connectivity index (χ1) is 8.95. The summed E-state index contributed by atoms with van der Waals surface area (Å²) in [5, 5.41) is 11.7. The van der Waals surface area contributed by atoms with E-state index < -0.39 is 0 Å². The normalized spacial score (nSPS) is 10.6. The van der Waals surface area contributed by atoms with E-state index in [1.807, 2.05) is 7.05 Å². The highest BCUT2D eigenvalue weighted by Gasteiger charge is 2.13. The third kappa shape index (κ3) is 2.33. The Hall–Kier alpha value is -1.90. The monoisotopic (exact) mass is 255 g/mol. The van der Waals surface area contributed by atoms with E-state index in [2.05, 4.69) is 62.3 Å². The summed E-state index contributed by atoms with van der Waals surface area (Å²) in [4.78, 5) is 0. The number of aromatic nitrogens is 2. The fourth-order valence-electron chi connectivity index (χ4n) is 2.46. The van der Waals surface area contributed by atoms with E-state index in [0.717, 1.165) is 17.1 Å². The SMILES string of the molecule is CNc1nnc(-c2c(C)c(C)cc(C)c2C)cc1C. The third-order valence-corrected chi connectivity index (χ3v) is 3.84. The zero-order valence-electron chi connectivity index (χ0n) is 12.5. The summed E-state index contributed by atoms with van der Waals surface area (Å²) in [5.74, 6) is 0.837. The van der Waals surface area contributed by atoms with Crippen LogP contribution >= 0.6 is 0 Å². The van der Waals surface area contributed by atoms with Crippen LogP contribution in [0.4, 0.5) is 5.82 Å². The van der Waals surface area contributed by atoms with Crippen molar-refractivity contribution < 1.29 is 0 Å². The molecule has 2 rings (SSSR count). The quantitative estimate of drug-likeness (QED) is 0.888. The van der Waals surface area contributed by atoms with E-state index in [1.165, 1.54) is 27.8 Å². The lowest BCUT2D eigenvalue weighted by Crippen LogP contribution is -2.02. The lowest BCUT2D eigenvalue weighted by atomic mass is 9.92. The first-order valence-corrected chi connectivity index (χ1v) is 6.55. The number of hydrogen-bond donors (Lipinski definition) is 1. The van der Waals surface area contributed by atoms with Gasteiger partial charge in [0.15, 0.2) is 5.82 Å². The minimum Gasteiger partial charge on any atom is -0.371 e. The largest absolute Gasteiger partial charge is 0.371 e. The molecule has 1 N–H and O–H groups in total. The minimum absolute atomic E-state index is 0.837.